The van der Waals surface area contributed by atoms with E-state index in [1.165, 1.54) is 12.8 Å². The summed E-state index contributed by atoms with van der Waals surface area (Å²) >= 11 is 0. The number of aromatic nitrogens is 4. The molecule has 1 N–H and O–H groups in total. The van der Waals surface area contributed by atoms with Gasteiger partial charge in [-0.1, -0.05) is 25.5 Å². The van der Waals surface area contributed by atoms with E-state index in [0.717, 1.165) is 43.4 Å². The molecular formula is C17H26N6O. The highest BCUT2D eigenvalue weighted by atomic mass is 16.5. The van der Waals surface area contributed by atoms with E-state index in [2.05, 4.69) is 56.4 Å². The fourth-order valence-electron chi connectivity index (χ4n) is 3.46. The molecule has 0 spiro atoms. The van der Waals surface area contributed by atoms with Crippen LogP contribution in [0.1, 0.15) is 32.5 Å². The smallest absolute Gasteiger partial charge is 0.170 e. The maximum atomic E-state index is 5.55. The quantitative estimate of drug-likeness (QED) is 0.874. The van der Waals surface area contributed by atoms with Crippen LogP contribution in [0.4, 0.5) is 5.69 Å². The highest BCUT2D eigenvalue weighted by molar-refractivity contribution is 5.59. The maximum Gasteiger partial charge on any atom is 0.170 e. The summed E-state index contributed by atoms with van der Waals surface area (Å²) in [6.45, 7) is 8.22. The van der Waals surface area contributed by atoms with Crippen molar-refractivity contribution in [2.75, 3.05) is 38.2 Å². The average Bonchev–Trinajstić information content (AvgIpc) is 3.16. The van der Waals surface area contributed by atoms with Gasteiger partial charge in [0.15, 0.2) is 5.82 Å². The number of H-pyrrole nitrogens is 1. The number of piperazine rings is 1. The van der Waals surface area contributed by atoms with Crippen molar-refractivity contribution in [1.82, 2.24) is 25.5 Å². The second kappa shape index (κ2) is 7.17. The molecule has 3 rings (SSSR count). The van der Waals surface area contributed by atoms with Crippen molar-refractivity contribution in [2.24, 2.45) is 0 Å². The lowest BCUT2D eigenvalue weighted by Crippen LogP contribution is -2.59. The summed E-state index contributed by atoms with van der Waals surface area (Å²) in [5, 5.41) is 14.8. The number of ether oxygens (including phenoxy) is 1. The normalized spacial score (nSPS) is 21.9. The molecule has 0 radical (unpaired) electrons. The highest BCUT2D eigenvalue weighted by Crippen LogP contribution is 2.35. The minimum absolute atomic E-state index is 0.252. The fourth-order valence-corrected chi connectivity index (χ4v) is 3.46. The van der Waals surface area contributed by atoms with Crippen molar-refractivity contribution in [3.63, 3.8) is 0 Å². The first-order valence-corrected chi connectivity index (χ1v) is 8.56. The molecule has 1 fully saturated rings. The lowest BCUT2D eigenvalue weighted by atomic mass is 9.94. The van der Waals surface area contributed by atoms with E-state index in [9.17, 15) is 0 Å². The number of unbranched alkanes of at least 4 members (excludes halogenated alkanes) is 1. The van der Waals surface area contributed by atoms with Gasteiger partial charge in [-0.15, -0.1) is 5.10 Å². The van der Waals surface area contributed by atoms with Gasteiger partial charge < -0.3 is 9.64 Å². The Balaban J connectivity index is 1.90. The predicted molar refractivity (Wildman–Crippen MR) is 93.2 cm³/mol. The van der Waals surface area contributed by atoms with Crippen molar-refractivity contribution in [3.05, 3.63) is 30.1 Å². The van der Waals surface area contributed by atoms with E-state index in [1.54, 1.807) is 7.11 Å². The maximum absolute atomic E-state index is 5.55. The van der Waals surface area contributed by atoms with Crippen LogP contribution in [0, 0.1) is 0 Å². The highest BCUT2D eigenvalue weighted by Gasteiger charge is 2.42. The molecule has 0 bridgehead atoms. The van der Waals surface area contributed by atoms with E-state index in [0.29, 0.717) is 0 Å². The van der Waals surface area contributed by atoms with Crippen LogP contribution in [-0.2, 0) is 5.54 Å². The van der Waals surface area contributed by atoms with Crippen LogP contribution in [0.15, 0.2) is 24.3 Å². The lowest BCUT2D eigenvalue weighted by Gasteiger charge is -2.48. The molecule has 1 aromatic carbocycles. The summed E-state index contributed by atoms with van der Waals surface area (Å²) in [6, 6.07) is 8.17. The average molecular weight is 330 g/mol. The van der Waals surface area contributed by atoms with Crippen molar-refractivity contribution in [3.8, 4) is 5.75 Å². The molecule has 7 heteroatoms. The molecule has 0 aliphatic carbocycles. The van der Waals surface area contributed by atoms with Gasteiger partial charge in [-0.2, -0.15) is 0 Å². The Bertz CT molecular complexity index is 646. The summed E-state index contributed by atoms with van der Waals surface area (Å²) in [5.41, 5.74) is 0.867. The van der Waals surface area contributed by atoms with Crippen molar-refractivity contribution < 1.29 is 4.74 Å². The molecule has 1 aromatic heterocycles. The van der Waals surface area contributed by atoms with Gasteiger partial charge in [-0.3, -0.25) is 4.90 Å². The Labute approximate surface area is 143 Å². The van der Waals surface area contributed by atoms with E-state index >= 15 is 0 Å². The molecule has 2 aromatic rings. The molecule has 1 aliphatic heterocycles. The van der Waals surface area contributed by atoms with Gasteiger partial charge in [-0.25, -0.2) is 5.10 Å². The van der Waals surface area contributed by atoms with Crippen molar-refractivity contribution in [2.45, 2.75) is 32.2 Å². The molecule has 0 saturated carbocycles. The van der Waals surface area contributed by atoms with Crippen LogP contribution >= 0.6 is 0 Å². The van der Waals surface area contributed by atoms with Crippen LogP contribution in [0.2, 0.25) is 0 Å². The van der Waals surface area contributed by atoms with Gasteiger partial charge in [0.25, 0.3) is 0 Å². The third-order valence-corrected chi connectivity index (χ3v) is 4.90. The Morgan fingerprint density at radius 2 is 2.12 bits per heavy atom. The van der Waals surface area contributed by atoms with Crippen LogP contribution in [0.25, 0.3) is 0 Å². The summed E-state index contributed by atoms with van der Waals surface area (Å²) in [7, 11) is 1.72. The minimum atomic E-state index is -0.252. The third-order valence-electron chi connectivity index (χ3n) is 4.90. The lowest BCUT2D eigenvalue weighted by molar-refractivity contribution is 0.0770. The number of hydrogen-bond donors (Lipinski definition) is 1. The molecule has 130 valence electrons. The zero-order valence-electron chi connectivity index (χ0n) is 14.7. The molecule has 7 nitrogen and oxygen atoms in total. The van der Waals surface area contributed by atoms with Gasteiger partial charge in [0.1, 0.15) is 5.75 Å². The SMILES string of the molecule is CCCCN1CCN(c2ccccc2OC)CC1(C)c1nnn[nH]1. The number of aromatic amines is 1. The topological polar surface area (TPSA) is 70.2 Å². The fraction of sp³-hybridized carbons (Fsp3) is 0.588. The van der Waals surface area contributed by atoms with E-state index in [1.807, 2.05) is 12.1 Å². The van der Waals surface area contributed by atoms with Gasteiger partial charge in [-0.05, 0) is 42.4 Å². The largest absolute Gasteiger partial charge is 0.495 e. The Morgan fingerprint density at radius 1 is 1.29 bits per heavy atom. The Hall–Kier alpha value is -2.15. The van der Waals surface area contributed by atoms with Crippen LogP contribution < -0.4 is 9.64 Å². The number of rotatable bonds is 6. The van der Waals surface area contributed by atoms with Crippen LogP contribution in [-0.4, -0.2) is 58.8 Å². The second-order valence-electron chi connectivity index (χ2n) is 6.46. The van der Waals surface area contributed by atoms with Crippen molar-refractivity contribution in [1.29, 1.82) is 0 Å². The molecule has 24 heavy (non-hydrogen) atoms. The van der Waals surface area contributed by atoms with Crippen molar-refractivity contribution >= 4 is 5.69 Å². The minimum Gasteiger partial charge on any atom is -0.495 e. The third kappa shape index (κ3) is 3.08. The van der Waals surface area contributed by atoms with Gasteiger partial charge >= 0.3 is 0 Å². The number of para-hydroxylation sites is 2. The molecule has 1 aliphatic rings. The predicted octanol–water partition coefficient (Wildman–Crippen LogP) is 2.05. The number of nitrogens with zero attached hydrogens (tertiary/aromatic N) is 5. The zero-order valence-corrected chi connectivity index (χ0v) is 14.7. The molecule has 0 amide bonds. The summed E-state index contributed by atoms with van der Waals surface area (Å²) in [6.07, 6.45) is 2.35. The van der Waals surface area contributed by atoms with E-state index < -0.39 is 0 Å². The summed E-state index contributed by atoms with van der Waals surface area (Å²) in [5.74, 6) is 1.72. The standard InChI is InChI=1S/C17H26N6O/c1-4-5-10-23-12-11-22(14-8-6-7-9-15(14)24-3)13-17(23,2)16-18-20-21-19-16/h6-9H,4-5,10-13H2,1-3H3,(H,18,19,20,21). The second-order valence-corrected chi connectivity index (χ2v) is 6.46. The number of hydrogen-bond acceptors (Lipinski definition) is 6. The Kier molecular flexibility index (Phi) is 4.99. The number of methoxy groups -OCH3 is 1. The summed E-state index contributed by atoms with van der Waals surface area (Å²) < 4.78 is 5.55. The molecule has 1 unspecified atom stereocenters. The van der Waals surface area contributed by atoms with Crippen LogP contribution in [0.3, 0.4) is 0 Å². The number of nitrogens with one attached hydrogen (secondary N) is 1. The molecular weight excluding hydrogens is 304 g/mol. The molecule has 1 saturated heterocycles. The van der Waals surface area contributed by atoms with Gasteiger partial charge in [0.2, 0.25) is 0 Å². The molecule has 1 atom stereocenters. The van der Waals surface area contributed by atoms with E-state index in [-0.39, 0.29) is 5.54 Å². The molecule has 2 heterocycles. The number of benzene rings is 1. The van der Waals surface area contributed by atoms with E-state index in [4.69, 9.17) is 4.74 Å². The summed E-state index contributed by atoms with van der Waals surface area (Å²) in [4.78, 5) is 4.86. The van der Waals surface area contributed by atoms with Crippen LogP contribution in [0.5, 0.6) is 5.75 Å². The van der Waals surface area contributed by atoms with Gasteiger partial charge in [0.05, 0.1) is 18.3 Å². The first kappa shape index (κ1) is 16.7. The first-order chi connectivity index (χ1) is 11.7. The number of anilines is 1. The van der Waals surface area contributed by atoms with Gasteiger partial charge in [0, 0.05) is 19.6 Å². The monoisotopic (exact) mass is 330 g/mol. The Morgan fingerprint density at radius 3 is 2.83 bits per heavy atom. The zero-order chi connectivity index (χ0) is 17.0. The first-order valence-electron chi connectivity index (χ1n) is 8.56. The number of tetrazole rings is 1.